The molecule has 0 N–H and O–H groups in total. The molecule has 64 valence electrons. The highest BCUT2D eigenvalue weighted by atomic mass is 14.7. The third-order valence-electron chi connectivity index (χ3n) is 1.91. The molecule has 0 saturated heterocycles. The maximum atomic E-state index is 4.44. The van der Waals surface area contributed by atoms with Crippen molar-refractivity contribution in [2.75, 3.05) is 6.54 Å². The van der Waals surface area contributed by atoms with Crippen molar-refractivity contribution in [1.29, 1.82) is 0 Å². The Hall–Kier alpha value is -0.590. The normalized spacial score (nSPS) is 14.4. The first-order valence-electron chi connectivity index (χ1n) is 4.20. The molecule has 0 rings (SSSR count). The molecule has 0 aromatic rings. The van der Waals surface area contributed by atoms with Gasteiger partial charge in [-0.1, -0.05) is 25.5 Å². The van der Waals surface area contributed by atoms with Gasteiger partial charge in [0.1, 0.15) is 0 Å². The molecule has 0 radical (unpaired) electrons. The summed E-state index contributed by atoms with van der Waals surface area (Å²) < 4.78 is 0. The molecule has 1 nitrogen and oxygen atoms in total. The van der Waals surface area contributed by atoms with Gasteiger partial charge in [0.15, 0.2) is 0 Å². The maximum absolute atomic E-state index is 4.44. The van der Waals surface area contributed by atoms with Crippen molar-refractivity contribution in [3.05, 3.63) is 11.6 Å². The van der Waals surface area contributed by atoms with Crippen LogP contribution in [0.2, 0.25) is 0 Å². The highest BCUT2D eigenvalue weighted by Gasteiger charge is 1.95. The van der Waals surface area contributed by atoms with E-state index in [9.17, 15) is 0 Å². The molecule has 0 saturated carbocycles. The second kappa shape index (κ2) is 5.11. The lowest BCUT2D eigenvalue weighted by molar-refractivity contribution is 0.868. The summed E-state index contributed by atoms with van der Waals surface area (Å²) in [6.07, 6.45) is 2.11. The van der Waals surface area contributed by atoms with E-state index in [4.69, 9.17) is 0 Å². The van der Waals surface area contributed by atoms with Crippen molar-refractivity contribution in [3.8, 4) is 0 Å². The summed E-state index contributed by atoms with van der Waals surface area (Å²) in [5, 5.41) is 0. The van der Waals surface area contributed by atoms with Gasteiger partial charge in [0.05, 0.1) is 6.54 Å². The quantitative estimate of drug-likeness (QED) is 0.436. The average molecular weight is 153 g/mol. The van der Waals surface area contributed by atoms with Crippen LogP contribution in [0.5, 0.6) is 0 Å². The Bertz CT molecular complexity index is 164. The van der Waals surface area contributed by atoms with Crippen LogP contribution in [0.3, 0.4) is 0 Å². The number of rotatable bonds is 3. The first-order chi connectivity index (χ1) is 5.07. The van der Waals surface area contributed by atoms with Gasteiger partial charge in [0, 0.05) is 5.71 Å². The van der Waals surface area contributed by atoms with Gasteiger partial charge in [0.2, 0.25) is 0 Å². The number of nitrogens with zero attached hydrogens (tertiary/aromatic N) is 1. The Kier molecular flexibility index (Phi) is 4.84. The van der Waals surface area contributed by atoms with Crippen molar-refractivity contribution in [3.63, 3.8) is 0 Å². The topological polar surface area (TPSA) is 12.4 Å². The van der Waals surface area contributed by atoms with Crippen molar-refractivity contribution in [1.82, 2.24) is 0 Å². The largest absolute Gasteiger partial charge is 0.290 e. The van der Waals surface area contributed by atoms with E-state index >= 15 is 0 Å². The molecule has 0 aliphatic carbocycles. The zero-order valence-electron chi connectivity index (χ0n) is 8.31. The van der Waals surface area contributed by atoms with Crippen LogP contribution < -0.4 is 0 Å². The monoisotopic (exact) mass is 153 g/mol. The SMILES string of the molecule is C/C=C(\C)CN=C(C)C(C)C. The molecule has 0 atom stereocenters. The first kappa shape index (κ1) is 10.4. The summed E-state index contributed by atoms with van der Waals surface area (Å²) in [5.41, 5.74) is 2.58. The van der Waals surface area contributed by atoms with Gasteiger partial charge in [-0.05, 0) is 26.7 Å². The third-order valence-corrected chi connectivity index (χ3v) is 1.91. The van der Waals surface area contributed by atoms with Crippen LogP contribution >= 0.6 is 0 Å². The zero-order valence-corrected chi connectivity index (χ0v) is 8.31. The van der Waals surface area contributed by atoms with Gasteiger partial charge in [0.25, 0.3) is 0 Å². The summed E-state index contributed by atoms with van der Waals surface area (Å²) in [5.74, 6) is 0.583. The molecule has 1 heteroatoms. The minimum atomic E-state index is 0.583. The van der Waals surface area contributed by atoms with E-state index in [-0.39, 0.29) is 0 Å². The van der Waals surface area contributed by atoms with Gasteiger partial charge in [-0.2, -0.15) is 0 Å². The fraction of sp³-hybridized carbons (Fsp3) is 0.700. The zero-order chi connectivity index (χ0) is 8.85. The minimum absolute atomic E-state index is 0.583. The predicted octanol–water partition coefficient (Wildman–Crippen LogP) is 3.07. The van der Waals surface area contributed by atoms with Crippen molar-refractivity contribution in [2.45, 2.75) is 34.6 Å². The first-order valence-corrected chi connectivity index (χ1v) is 4.20. The summed E-state index contributed by atoms with van der Waals surface area (Å²) >= 11 is 0. The average Bonchev–Trinajstić information content (AvgIpc) is 1.99. The standard InChI is InChI=1S/C10H19N/c1-6-9(4)7-11-10(5)8(2)3/h6,8H,7H2,1-5H3/b9-6+,11-10?. The van der Waals surface area contributed by atoms with Crippen LogP contribution in [-0.2, 0) is 0 Å². The van der Waals surface area contributed by atoms with E-state index in [0.29, 0.717) is 5.92 Å². The Morgan fingerprint density at radius 2 is 1.91 bits per heavy atom. The van der Waals surface area contributed by atoms with Crippen LogP contribution in [0, 0.1) is 5.92 Å². The Morgan fingerprint density at radius 3 is 2.27 bits per heavy atom. The van der Waals surface area contributed by atoms with E-state index in [1.165, 1.54) is 11.3 Å². The van der Waals surface area contributed by atoms with E-state index in [0.717, 1.165) is 6.54 Å². The Morgan fingerprint density at radius 1 is 1.36 bits per heavy atom. The summed E-state index contributed by atoms with van der Waals surface area (Å²) in [7, 11) is 0. The van der Waals surface area contributed by atoms with Gasteiger partial charge in [-0.3, -0.25) is 4.99 Å². The smallest absolute Gasteiger partial charge is 0.0596 e. The fourth-order valence-electron chi connectivity index (χ4n) is 0.523. The molecule has 0 heterocycles. The fourth-order valence-corrected chi connectivity index (χ4v) is 0.523. The van der Waals surface area contributed by atoms with E-state index in [1.807, 2.05) is 0 Å². The Balaban J connectivity index is 3.92. The molecule has 0 fully saturated rings. The van der Waals surface area contributed by atoms with E-state index in [2.05, 4.69) is 45.7 Å². The summed E-state index contributed by atoms with van der Waals surface area (Å²) in [6, 6.07) is 0. The molecular formula is C10H19N. The lowest BCUT2D eigenvalue weighted by Gasteiger charge is -2.03. The van der Waals surface area contributed by atoms with Gasteiger partial charge < -0.3 is 0 Å². The van der Waals surface area contributed by atoms with Crippen molar-refractivity contribution >= 4 is 5.71 Å². The molecular weight excluding hydrogens is 134 g/mol. The molecule has 0 aromatic carbocycles. The van der Waals surface area contributed by atoms with Crippen LogP contribution in [0.4, 0.5) is 0 Å². The highest BCUT2D eigenvalue weighted by Crippen LogP contribution is 1.99. The lowest BCUT2D eigenvalue weighted by Crippen LogP contribution is -2.02. The van der Waals surface area contributed by atoms with Crippen molar-refractivity contribution < 1.29 is 0 Å². The molecule has 0 aliphatic heterocycles. The maximum Gasteiger partial charge on any atom is 0.0596 e. The molecule has 0 amide bonds. The molecule has 0 unspecified atom stereocenters. The third kappa shape index (κ3) is 4.77. The second-order valence-corrected chi connectivity index (χ2v) is 3.25. The summed E-state index contributed by atoms with van der Waals surface area (Å²) in [6.45, 7) is 11.5. The van der Waals surface area contributed by atoms with Crippen LogP contribution in [0.1, 0.15) is 34.6 Å². The van der Waals surface area contributed by atoms with Crippen LogP contribution in [-0.4, -0.2) is 12.3 Å². The highest BCUT2D eigenvalue weighted by molar-refractivity contribution is 5.83. The number of allylic oxidation sites excluding steroid dienone is 1. The lowest BCUT2D eigenvalue weighted by atomic mass is 10.1. The molecule has 0 aromatic heterocycles. The van der Waals surface area contributed by atoms with Gasteiger partial charge >= 0.3 is 0 Å². The Labute approximate surface area is 70.2 Å². The molecule has 0 bridgehead atoms. The molecule has 0 spiro atoms. The van der Waals surface area contributed by atoms with Crippen LogP contribution in [0.25, 0.3) is 0 Å². The molecule has 0 aliphatic rings. The molecule has 11 heavy (non-hydrogen) atoms. The van der Waals surface area contributed by atoms with E-state index < -0.39 is 0 Å². The summed E-state index contributed by atoms with van der Waals surface area (Å²) in [4.78, 5) is 4.44. The van der Waals surface area contributed by atoms with Gasteiger partial charge in [-0.25, -0.2) is 0 Å². The number of hydrogen-bond acceptors (Lipinski definition) is 1. The van der Waals surface area contributed by atoms with Crippen molar-refractivity contribution in [2.24, 2.45) is 10.9 Å². The minimum Gasteiger partial charge on any atom is -0.290 e. The predicted molar refractivity (Wildman–Crippen MR) is 52.2 cm³/mol. The second-order valence-electron chi connectivity index (χ2n) is 3.25. The van der Waals surface area contributed by atoms with Gasteiger partial charge in [-0.15, -0.1) is 0 Å². The van der Waals surface area contributed by atoms with E-state index in [1.54, 1.807) is 0 Å². The number of hydrogen-bond donors (Lipinski definition) is 0. The van der Waals surface area contributed by atoms with Crippen LogP contribution in [0.15, 0.2) is 16.6 Å². The number of aliphatic imine (C=N–C) groups is 1.